The molecule has 2 nitrogen and oxygen atoms in total. The zero-order valence-electron chi connectivity index (χ0n) is 17.2. The van der Waals surface area contributed by atoms with Crippen molar-refractivity contribution >= 4 is 5.97 Å². The molecule has 1 N–H and O–H groups in total. The van der Waals surface area contributed by atoms with Crippen molar-refractivity contribution in [2.75, 3.05) is 0 Å². The second kappa shape index (κ2) is 9.58. The van der Waals surface area contributed by atoms with Crippen LogP contribution >= 0.6 is 0 Å². The minimum Gasteiger partial charge on any atom is -0.481 e. The van der Waals surface area contributed by atoms with E-state index in [0.717, 1.165) is 38.5 Å². The Labute approximate surface area is 160 Å². The number of carboxylic acids is 1. The second-order valence-corrected chi connectivity index (χ2v) is 9.54. The standard InChI is InChI=1S/C24H38O2/c1-23(2,3)16-10-4-6-12-20-14-8-9-15-21(20)13-7-5-11-17-24(18-19-24)22(25)26/h8-9,14-15H,4-7,10-13,16-19H2,1-3H3,(H,25,26). The van der Waals surface area contributed by atoms with E-state index in [1.54, 1.807) is 0 Å². The van der Waals surface area contributed by atoms with Gasteiger partial charge in [-0.1, -0.05) is 70.7 Å². The van der Waals surface area contributed by atoms with Crippen molar-refractivity contribution in [1.29, 1.82) is 0 Å². The number of benzene rings is 1. The van der Waals surface area contributed by atoms with Gasteiger partial charge in [0.2, 0.25) is 0 Å². The van der Waals surface area contributed by atoms with E-state index in [0.29, 0.717) is 5.41 Å². The molecule has 1 aliphatic carbocycles. The summed E-state index contributed by atoms with van der Waals surface area (Å²) in [6, 6.07) is 8.90. The number of hydrogen-bond acceptors (Lipinski definition) is 1. The molecule has 1 aliphatic rings. The highest BCUT2D eigenvalue weighted by Gasteiger charge is 2.49. The van der Waals surface area contributed by atoms with Crippen LogP contribution in [0, 0.1) is 10.8 Å². The fraction of sp³-hybridized carbons (Fsp3) is 0.708. The molecule has 0 bridgehead atoms. The minimum absolute atomic E-state index is 0.342. The van der Waals surface area contributed by atoms with Crippen LogP contribution in [-0.2, 0) is 17.6 Å². The molecule has 2 rings (SSSR count). The van der Waals surface area contributed by atoms with Gasteiger partial charge in [-0.3, -0.25) is 4.79 Å². The Morgan fingerprint density at radius 3 is 1.92 bits per heavy atom. The van der Waals surface area contributed by atoms with Crippen molar-refractivity contribution in [3.63, 3.8) is 0 Å². The Morgan fingerprint density at radius 1 is 0.923 bits per heavy atom. The molecule has 1 fully saturated rings. The van der Waals surface area contributed by atoms with E-state index in [-0.39, 0.29) is 5.41 Å². The highest BCUT2D eigenvalue weighted by atomic mass is 16.4. The molecule has 2 heteroatoms. The topological polar surface area (TPSA) is 37.3 Å². The molecule has 0 aliphatic heterocycles. The minimum atomic E-state index is -0.575. The van der Waals surface area contributed by atoms with Crippen LogP contribution in [0.1, 0.15) is 96.1 Å². The van der Waals surface area contributed by atoms with Gasteiger partial charge in [0.1, 0.15) is 0 Å². The summed E-state index contributed by atoms with van der Waals surface area (Å²) in [7, 11) is 0. The number of hydrogen-bond donors (Lipinski definition) is 1. The molecule has 26 heavy (non-hydrogen) atoms. The summed E-state index contributed by atoms with van der Waals surface area (Å²) in [6.07, 6.45) is 13.6. The monoisotopic (exact) mass is 358 g/mol. The first-order chi connectivity index (χ1) is 12.3. The Bertz CT molecular complexity index is 564. The molecule has 0 atom stereocenters. The van der Waals surface area contributed by atoms with E-state index in [9.17, 15) is 9.90 Å². The lowest BCUT2D eigenvalue weighted by molar-refractivity contribution is -0.143. The fourth-order valence-electron chi connectivity index (χ4n) is 3.87. The van der Waals surface area contributed by atoms with Gasteiger partial charge in [0.05, 0.1) is 5.41 Å². The van der Waals surface area contributed by atoms with Crippen molar-refractivity contribution in [3.05, 3.63) is 35.4 Å². The Hall–Kier alpha value is -1.31. The molecule has 0 heterocycles. The summed E-state index contributed by atoms with van der Waals surface area (Å²) in [6.45, 7) is 6.97. The first-order valence-electron chi connectivity index (χ1n) is 10.6. The van der Waals surface area contributed by atoms with Crippen LogP contribution in [0.25, 0.3) is 0 Å². The molecular formula is C24H38O2. The van der Waals surface area contributed by atoms with Gasteiger partial charge in [-0.25, -0.2) is 0 Å². The van der Waals surface area contributed by atoms with Crippen molar-refractivity contribution in [3.8, 4) is 0 Å². The lowest BCUT2D eigenvalue weighted by Crippen LogP contribution is -2.14. The van der Waals surface area contributed by atoms with Gasteiger partial charge >= 0.3 is 5.97 Å². The predicted octanol–water partition coefficient (Wildman–Crippen LogP) is 6.80. The number of rotatable bonds is 12. The maximum Gasteiger partial charge on any atom is 0.309 e. The Morgan fingerprint density at radius 2 is 1.46 bits per heavy atom. The average Bonchev–Trinajstić information content (AvgIpc) is 3.35. The SMILES string of the molecule is CC(C)(C)CCCCCc1ccccc1CCCCCC1(C(=O)O)CC1. The van der Waals surface area contributed by atoms with Crippen LogP contribution in [0.3, 0.4) is 0 Å². The summed E-state index contributed by atoms with van der Waals surface area (Å²) < 4.78 is 0. The van der Waals surface area contributed by atoms with Gasteiger partial charge in [0, 0.05) is 0 Å². The number of aryl methyl sites for hydroxylation is 2. The van der Waals surface area contributed by atoms with Crippen LogP contribution in [0.4, 0.5) is 0 Å². The third kappa shape index (κ3) is 7.13. The summed E-state index contributed by atoms with van der Waals surface area (Å²) in [5.41, 5.74) is 3.14. The maximum absolute atomic E-state index is 11.2. The van der Waals surface area contributed by atoms with E-state index in [1.165, 1.54) is 49.7 Å². The summed E-state index contributed by atoms with van der Waals surface area (Å²) in [5.74, 6) is -0.575. The quantitative estimate of drug-likeness (QED) is 0.417. The van der Waals surface area contributed by atoms with E-state index >= 15 is 0 Å². The zero-order chi connectivity index (χ0) is 19.0. The van der Waals surface area contributed by atoms with Gasteiger partial charge in [0.25, 0.3) is 0 Å². The molecule has 1 aromatic rings. The van der Waals surface area contributed by atoms with Crippen molar-refractivity contribution in [2.45, 2.75) is 97.8 Å². The summed E-state index contributed by atoms with van der Waals surface area (Å²) >= 11 is 0. The normalized spacial score (nSPS) is 15.8. The lowest BCUT2D eigenvalue weighted by Gasteiger charge is -2.17. The third-order valence-corrected chi connectivity index (χ3v) is 5.90. The van der Waals surface area contributed by atoms with Gasteiger partial charge in [-0.05, 0) is 67.9 Å². The van der Waals surface area contributed by atoms with Crippen LogP contribution in [-0.4, -0.2) is 11.1 Å². The van der Waals surface area contributed by atoms with Crippen molar-refractivity contribution < 1.29 is 9.90 Å². The molecule has 1 aromatic carbocycles. The summed E-state index contributed by atoms with van der Waals surface area (Å²) in [4.78, 5) is 11.2. The number of aliphatic carboxylic acids is 1. The largest absolute Gasteiger partial charge is 0.481 e. The third-order valence-electron chi connectivity index (χ3n) is 5.90. The molecule has 146 valence electrons. The molecular weight excluding hydrogens is 320 g/mol. The van der Waals surface area contributed by atoms with Gasteiger partial charge in [-0.2, -0.15) is 0 Å². The Balaban J connectivity index is 1.65. The van der Waals surface area contributed by atoms with Crippen LogP contribution in [0.2, 0.25) is 0 Å². The van der Waals surface area contributed by atoms with Gasteiger partial charge < -0.3 is 5.11 Å². The maximum atomic E-state index is 11.2. The van der Waals surface area contributed by atoms with E-state index in [4.69, 9.17) is 0 Å². The molecule has 0 unspecified atom stereocenters. The first-order valence-corrected chi connectivity index (χ1v) is 10.6. The van der Waals surface area contributed by atoms with Gasteiger partial charge in [-0.15, -0.1) is 0 Å². The second-order valence-electron chi connectivity index (χ2n) is 9.54. The molecule has 0 spiro atoms. The number of carbonyl (C=O) groups is 1. The molecule has 0 aromatic heterocycles. The number of unbranched alkanes of at least 4 members (excludes halogenated alkanes) is 4. The zero-order valence-corrected chi connectivity index (χ0v) is 17.2. The predicted molar refractivity (Wildman–Crippen MR) is 110 cm³/mol. The number of carboxylic acid groups (broad SMARTS) is 1. The van der Waals surface area contributed by atoms with Crippen molar-refractivity contribution in [1.82, 2.24) is 0 Å². The fourth-order valence-corrected chi connectivity index (χ4v) is 3.87. The molecule has 0 amide bonds. The van der Waals surface area contributed by atoms with Crippen LogP contribution < -0.4 is 0 Å². The highest BCUT2D eigenvalue weighted by Crippen LogP contribution is 2.50. The Kier molecular flexibility index (Phi) is 7.73. The molecule has 0 radical (unpaired) electrons. The average molecular weight is 359 g/mol. The summed E-state index contributed by atoms with van der Waals surface area (Å²) in [5, 5.41) is 9.24. The first kappa shape index (κ1) is 21.0. The lowest BCUT2D eigenvalue weighted by atomic mass is 9.89. The molecule has 0 saturated heterocycles. The van der Waals surface area contributed by atoms with E-state index in [2.05, 4.69) is 45.0 Å². The van der Waals surface area contributed by atoms with Crippen LogP contribution in [0.5, 0.6) is 0 Å². The highest BCUT2D eigenvalue weighted by molar-refractivity contribution is 5.77. The van der Waals surface area contributed by atoms with E-state index < -0.39 is 5.97 Å². The van der Waals surface area contributed by atoms with Crippen LogP contribution in [0.15, 0.2) is 24.3 Å². The smallest absolute Gasteiger partial charge is 0.309 e. The van der Waals surface area contributed by atoms with E-state index in [1.807, 2.05) is 0 Å². The molecule has 1 saturated carbocycles. The van der Waals surface area contributed by atoms with Crippen molar-refractivity contribution in [2.24, 2.45) is 10.8 Å². The van der Waals surface area contributed by atoms with Gasteiger partial charge in [0.15, 0.2) is 0 Å².